The minimum absolute atomic E-state index is 0. The lowest BCUT2D eigenvalue weighted by molar-refractivity contribution is -0.138. The van der Waals surface area contributed by atoms with Gasteiger partial charge in [0.25, 0.3) is 0 Å². The van der Waals surface area contributed by atoms with Crippen molar-refractivity contribution in [3.63, 3.8) is 0 Å². The molecule has 0 aromatic carbocycles. The fourth-order valence-electron chi connectivity index (χ4n) is 1.12. The van der Waals surface area contributed by atoms with Crippen molar-refractivity contribution in [1.82, 2.24) is 5.32 Å². The van der Waals surface area contributed by atoms with Crippen LogP contribution < -0.4 is 11.1 Å². The molecule has 0 radical (unpaired) electrons. The van der Waals surface area contributed by atoms with Gasteiger partial charge in [0.2, 0.25) is 0 Å². The van der Waals surface area contributed by atoms with Gasteiger partial charge in [0.1, 0.15) is 11.6 Å². The Kier molecular flexibility index (Phi) is 9.66. The third-order valence-corrected chi connectivity index (χ3v) is 1.93. The minimum Gasteiger partial charge on any atom is -0.480 e. The van der Waals surface area contributed by atoms with Crippen molar-refractivity contribution in [3.05, 3.63) is 0 Å². The lowest BCUT2D eigenvalue weighted by Crippen LogP contribution is -2.33. The zero-order chi connectivity index (χ0) is 13.5. The van der Waals surface area contributed by atoms with Crippen LogP contribution in [0.1, 0.15) is 40.0 Å². The Hall–Kier alpha value is -1.01. The summed E-state index contributed by atoms with van der Waals surface area (Å²) in [5, 5.41) is 11.1. The highest BCUT2D eigenvalue weighted by Gasteiger charge is 2.15. The smallest absolute Gasteiger partial charge is 0.407 e. The molecule has 0 heterocycles. The average molecular weight is 283 g/mol. The number of carbonyl (C=O) groups is 2. The first-order valence-electron chi connectivity index (χ1n) is 5.67. The second kappa shape index (κ2) is 8.99. The first kappa shape index (κ1) is 19.3. The molecule has 4 N–H and O–H groups in total. The summed E-state index contributed by atoms with van der Waals surface area (Å²) in [6.07, 6.45) is 1.29. The van der Waals surface area contributed by atoms with E-state index in [9.17, 15) is 9.59 Å². The van der Waals surface area contributed by atoms with Crippen molar-refractivity contribution in [3.8, 4) is 0 Å². The largest absolute Gasteiger partial charge is 0.480 e. The van der Waals surface area contributed by atoms with Gasteiger partial charge in [-0.3, -0.25) is 4.79 Å². The molecule has 0 saturated carbocycles. The maximum absolute atomic E-state index is 11.2. The van der Waals surface area contributed by atoms with Gasteiger partial charge >= 0.3 is 12.1 Å². The van der Waals surface area contributed by atoms with Gasteiger partial charge in [0.05, 0.1) is 0 Å². The quantitative estimate of drug-likeness (QED) is 0.641. The maximum atomic E-state index is 11.2. The number of halogens is 1. The van der Waals surface area contributed by atoms with Crippen LogP contribution in [-0.4, -0.2) is 35.4 Å². The molecule has 0 fully saturated rings. The number of carboxylic acid groups (broad SMARTS) is 1. The molecule has 7 heteroatoms. The SMILES string of the molecule is CC(C)(C)OC(=O)NCCCC[C@H](N)C(=O)O.Cl. The molecule has 0 aliphatic rings. The van der Waals surface area contributed by atoms with E-state index in [-0.39, 0.29) is 12.4 Å². The molecule has 0 aromatic rings. The molecule has 0 spiro atoms. The molecule has 1 amide bonds. The molecule has 1 atom stereocenters. The standard InChI is InChI=1S/C11H22N2O4.ClH/c1-11(2,3)17-10(16)13-7-5-4-6-8(12)9(14)15;/h8H,4-7,12H2,1-3H3,(H,13,16)(H,14,15);1H/t8-;/m0./s1. The number of aliphatic carboxylic acids is 1. The molecule has 0 bridgehead atoms. The normalized spacial score (nSPS) is 12.2. The topological polar surface area (TPSA) is 102 Å². The number of carboxylic acids is 1. The van der Waals surface area contributed by atoms with Gasteiger partial charge in [0, 0.05) is 6.54 Å². The molecular formula is C11H23ClN2O4. The van der Waals surface area contributed by atoms with Crippen molar-refractivity contribution in [2.75, 3.05) is 6.54 Å². The summed E-state index contributed by atoms with van der Waals surface area (Å²) in [5.74, 6) is -0.995. The molecule has 0 saturated heterocycles. The predicted molar refractivity (Wildman–Crippen MR) is 70.9 cm³/mol. The number of nitrogens with two attached hydrogens (primary N) is 1. The Morgan fingerprint density at radius 2 is 1.89 bits per heavy atom. The van der Waals surface area contributed by atoms with Crippen LogP contribution in [-0.2, 0) is 9.53 Å². The van der Waals surface area contributed by atoms with E-state index in [1.165, 1.54) is 0 Å². The van der Waals surface area contributed by atoms with Crippen LogP contribution in [0.25, 0.3) is 0 Å². The van der Waals surface area contributed by atoms with Gasteiger partial charge in [-0.2, -0.15) is 0 Å². The molecule has 0 aromatic heterocycles. The van der Waals surface area contributed by atoms with Crippen LogP contribution >= 0.6 is 12.4 Å². The lowest BCUT2D eigenvalue weighted by atomic mass is 10.1. The molecule has 0 aliphatic heterocycles. The van der Waals surface area contributed by atoms with Crippen LogP contribution in [0.3, 0.4) is 0 Å². The minimum atomic E-state index is -0.995. The van der Waals surface area contributed by atoms with Gasteiger partial charge in [0.15, 0.2) is 0 Å². The summed E-state index contributed by atoms with van der Waals surface area (Å²) < 4.78 is 5.03. The van der Waals surface area contributed by atoms with Gasteiger partial charge in [-0.1, -0.05) is 0 Å². The van der Waals surface area contributed by atoms with Crippen molar-refractivity contribution in [2.45, 2.75) is 51.7 Å². The summed E-state index contributed by atoms with van der Waals surface area (Å²) in [4.78, 5) is 21.6. The number of ether oxygens (including phenoxy) is 1. The monoisotopic (exact) mass is 282 g/mol. The van der Waals surface area contributed by atoms with Gasteiger partial charge in [-0.05, 0) is 40.0 Å². The Morgan fingerprint density at radius 3 is 2.33 bits per heavy atom. The van der Waals surface area contributed by atoms with E-state index < -0.39 is 23.7 Å². The number of carbonyl (C=O) groups excluding carboxylic acids is 1. The first-order chi connectivity index (χ1) is 7.72. The van der Waals surface area contributed by atoms with Crippen LogP contribution in [0.2, 0.25) is 0 Å². The van der Waals surface area contributed by atoms with E-state index >= 15 is 0 Å². The lowest BCUT2D eigenvalue weighted by Gasteiger charge is -2.19. The number of rotatable bonds is 6. The summed E-state index contributed by atoms with van der Waals surface area (Å²) in [6, 6.07) is -0.823. The Bertz CT molecular complexity index is 266. The molecule has 0 aliphatic carbocycles. The first-order valence-corrected chi connectivity index (χ1v) is 5.67. The third kappa shape index (κ3) is 11.5. The average Bonchev–Trinajstić information content (AvgIpc) is 2.13. The Balaban J connectivity index is 0. The predicted octanol–water partition coefficient (Wildman–Crippen LogP) is 1.52. The zero-order valence-electron chi connectivity index (χ0n) is 11.1. The van der Waals surface area contributed by atoms with Crippen molar-refractivity contribution < 1.29 is 19.4 Å². The van der Waals surface area contributed by atoms with Crippen LogP contribution in [0.5, 0.6) is 0 Å². The van der Waals surface area contributed by atoms with E-state index in [4.69, 9.17) is 15.6 Å². The zero-order valence-corrected chi connectivity index (χ0v) is 11.9. The van der Waals surface area contributed by atoms with Gasteiger partial charge < -0.3 is 20.9 Å². The molecule has 0 rings (SSSR count). The van der Waals surface area contributed by atoms with Crippen molar-refractivity contribution in [1.29, 1.82) is 0 Å². The summed E-state index contributed by atoms with van der Waals surface area (Å²) in [7, 11) is 0. The van der Waals surface area contributed by atoms with Crippen LogP contribution in [0.15, 0.2) is 0 Å². The van der Waals surface area contributed by atoms with Crippen molar-refractivity contribution >= 4 is 24.5 Å². The summed E-state index contributed by atoms with van der Waals surface area (Å²) in [6.45, 7) is 5.83. The Labute approximate surface area is 114 Å². The summed E-state index contributed by atoms with van der Waals surface area (Å²) >= 11 is 0. The van der Waals surface area contributed by atoms with Crippen molar-refractivity contribution in [2.24, 2.45) is 5.73 Å². The molecule has 18 heavy (non-hydrogen) atoms. The number of nitrogens with one attached hydrogen (secondary N) is 1. The fraction of sp³-hybridized carbons (Fsp3) is 0.818. The molecule has 0 unspecified atom stereocenters. The van der Waals surface area contributed by atoms with E-state index in [1.807, 2.05) is 0 Å². The number of unbranched alkanes of at least 4 members (excludes halogenated alkanes) is 1. The highest BCUT2D eigenvalue weighted by Crippen LogP contribution is 2.06. The van der Waals surface area contributed by atoms with E-state index in [2.05, 4.69) is 5.32 Å². The molecular weight excluding hydrogens is 260 g/mol. The van der Waals surface area contributed by atoms with E-state index in [0.29, 0.717) is 25.8 Å². The Morgan fingerprint density at radius 1 is 1.33 bits per heavy atom. The van der Waals surface area contributed by atoms with E-state index in [0.717, 1.165) is 0 Å². The van der Waals surface area contributed by atoms with E-state index in [1.54, 1.807) is 20.8 Å². The van der Waals surface area contributed by atoms with Gasteiger partial charge in [-0.15, -0.1) is 12.4 Å². The fourth-order valence-corrected chi connectivity index (χ4v) is 1.12. The molecule has 108 valence electrons. The number of alkyl carbamates (subject to hydrolysis) is 1. The second-order valence-corrected chi connectivity index (χ2v) is 4.87. The highest BCUT2D eigenvalue weighted by molar-refractivity contribution is 5.85. The van der Waals surface area contributed by atoms with Crippen LogP contribution in [0.4, 0.5) is 4.79 Å². The van der Waals surface area contributed by atoms with Crippen LogP contribution in [0, 0.1) is 0 Å². The van der Waals surface area contributed by atoms with Gasteiger partial charge in [-0.25, -0.2) is 4.79 Å². The summed E-state index contributed by atoms with van der Waals surface area (Å²) in [5.41, 5.74) is 4.83. The highest BCUT2D eigenvalue weighted by atomic mass is 35.5. The maximum Gasteiger partial charge on any atom is 0.407 e. The third-order valence-electron chi connectivity index (χ3n) is 1.93. The molecule has 6 nitrogen and oxygen atoms in total. The second-order valence-electron chi connectivity index (χ2n) is 4.87. The number of amides is 1. The number of hydrogen-bond acceptors (Lipinski definition) is 4. The number of hydrogen-bond donors (Lipinski definition) is 3.